The van der Waals surface area contributed by atoms with Crippen molar-refractivity contribution in [1.82, 2.24) is 9.97 Å². The van der Waals surface area contributed by atoms with Crippen molar-refractivity contribution in [1.29, 1.82) is 0 Å². The average molecular weight is 264 g/mol. The number of nitrogens with zero attached hydrogens (tertiary/aromatic N) is 2. The van der Waals surface area contributed by atoms with Gasteiger partial charge in [-0.05, 0) is 40.5 Å². The maximum Gasteiger partial charge on any atom is 0.136 e. The third-order valence-corrected chi connectivity index (χ3v) is 3.54. The number of aliphatic hydroxyl groups is 1. The number of aliphatic hydroxyl groups excluding tert-OH is 1. The standard InChI is InChI=1S/C14H24N4O/c1-5-15-11-8-12(18-14(3,4)9(2)19)17-13(16-11)10-6-7-10/h8-10,19H,5-7H2,1-4H3,(H2,15,16,17,18). The highest BCUT2D eigenvalue weighted by Gasteiger charge is 2.29. The van der Waals surface area contributed by atoms with E-state index in [1.54, 1.807) is 6.92 Å². The Kier molecular flexibility index (Phi) is 3.94. The van der Waals surface area contributed by atoms with Gasteiger partial charge in [0.1, 0.15) is 17.5 Å². The Bertz CT molecular complexity index is 441. The summed E-state index contributed by atoms with van der Waals surface area (Å²) in [5.41, 5.74) is -0.418. The smallest absolute Gasteiger partial charge is 0.136 e. The summed E-state index contributed by atoms with van der Waals surface area (Å²) >= 11 is 0. The maximum atomic E-state index is 9.78. The fraction of sp³-hybridized carbons (Fsp3) is 0.714. The Hall–Kier alpha value is -1.36. The van der Waals surface area contributed by atoms with Crippen LogP contribution in [0.4, 0.5) is 11.6 Å². The molecule has 2 rings (SSSR count). The van der Waals surface area contributed by atoms with Gasteiger partial charge >= 0.3 is 0 Å². The van der Waals surface area contributed by atoms with Gasteiger partial charge < -0.3 is 15.7 Å². The molecule has 1 aromatic heterocycles. The van der Waals surface area contributed by atoms with Crippen LogP contribution in [0, 0.1) is 0 Å². The van der Waals surface area contributed by atoms with Gasteiger partial charge in [-0.2, -0.15) is 0 Å². The highest BCUT2D eigenvalue weighted by Crippen LogP contribution is 2.39. The lowest BCUT2D eigenvalue weighted by Gasteiger charge is -2.30. The molecule has 1 saturated carbocycles. The minimum absolute atomic E-state index is 0.418. The Morgan fingerprint density at radius 3 is 2.53 bits per heavy atom. The SMILES string of the molecule is CCNc1cc(NC(C)(C)C(C)O)nc(C2CC2)n1. The summed E-state index contributed by atoms with van der Waals surface area (Å²) in [4.78, 5) is 9.11. The molecule has 1 fully saturated rings. The molecule has 19 heavy (non-hydrogen) atoms. The van der Waals surface area contributed by atoms with Gasteiger partial charge in [0.25, 0.3) is 0 Å². The molecule has 3 N–H and O–H groups in total. The molecule has 0 bridgehead atoms. The lowest BCUT2D eigenvalue weighted by molar-refractivity contribution is 0.133. The molecular weight excluding hydrogens is 240 g/mol. The third kappa shape index (κ3) is 3.56. The van der Waals surface area contributed by atoms with Crippen molar-refractivity contribution >= 4 is 11.6 Å². The Balaban J connectivity index is 2.23. The number of anilines is 2. The second kappa shape index (κ2) is 5.33. The molecule has 5 nitrogen and oxygen atoms in total. The minimum Gasteiger partial charge on any atom is -0.391 e. The molecule has 1 aromatic rings. The first-order valence-corrected chi connectivity index (χ1v) is 7.01. The van der Waals surface area contributed by atoms with Crippen molar-refractivity contribution < 1.29 is 5.11 Å². The Morgan fingerprint density at radius 2 is 2.00 bits per heavy atom. The van der Waals surface area contributed by atoms with Crippen LogP contribution in [0.1, 0.15) is 52.3 Å². The van der Waals surface area contributed by atoms with Crippen LogP contribution in [-0.4, -0.2) is 33.3 Å². The first-order valence-electron chi connectivity index (χ1n) is 7.01. The number of nitrogens with one attached hydrogen (secondary N) is 2. The minimum atomic E-state index is -0.463. The molecule has 1 unspecified atom stereocenters. The van der Waals surface area contributed by atoms with Gasteiger partial charge in [-0.25, -0.2) is 9.97 Å². The molecule has 1 aliphatic rings. The second-order valence-electron chi connectivity index (χ2n) is 5.82. The van der Waals surface area contributed by atoms with Gasteiger partial charge in [0.15, 0.2) is 0 Å². The van der Waals surface area contributed by atoms with Crippen LogP contribution in [0.2, 0.25) is 0 Å². The number of hydrogen-bond donors (Lipinski definition) is 3. The molecule has 0 radical (unpaired) electrons. The monoisotopic (exact) mass is 264 g/mol. The van der Waals surface area contributed by atoms with E-state index in [1.165, 1.54) is 12.8 Å². The molecule has 1 atom stereocenters. The summed E-state index contributed by atoms with van der Waals surface area (Å²) < 4.78 is 0. The maximum absolute atomic E-state index is 9.78. The van der Waals surface area contributed by atoms with Gasteiger partial charge in [-0.1, -0.05) is 0 Å². The second-order valence-corrected chi connectivity index (χ2v) is 5.82. The predicted octanol–water partition coefficient (Wildman–Crippen LogP) is 2.36. The van der Waals surface area contributed by atoms with Crippen LogP contribution in [0.15, 0.2) is 6.07 Å². The summed E-state index contributed by atoms with van der Waals surface area (Å²) in [6.07, 6.45) is 1.89. The molecule has 0 amide bonds. The van der Waals surface area contributed by atoms with Crippen LogP contribution in [0.3, 0.4) is 0 Å². The van der Waals surface area contributed by atoms with Crippen molar-refractivity contribution in [2.75, 3.05) is 17.2 Å². The first kappa shape index (κ1) is 14.1. The molecule has 1 heterocycles. The summed E-state index contributed by atoms with van der Waals surface area (Å²) in [5, 5.41) is 16.3. The number of hydrogen-bond acceptors (Lipinski definition) is 5. The number of aromatic nitrogens is 2. The number of rotatable bonds is 6. The van der Waals surface area contributed by atoms with E-state index in [0.29, 0.717) is 5.92 Å². The average Bonchev–Trinajstić information content (AvgIpc) is 3.11. The lowest BCUT2D eigenvalue weighted by atomic mass is 9.99. The lowest BCUT2D eigenvalue weighted by Crippen LogP contribution is -2.42. The van der Waals surface area contributed by atoms with E-state index in [2.05, 4.69) is 20.6 Å². The predicted molar refractivity (Wildman–Crippen MR) is 77.6 cm³/mol. The Labute approximate surface area is 114 Å². The molecule has 1 aliphatic carbocycles. The molecule has 0 spiro atoms. The zero-order valence-electron chi connectivity index (χ0n) is 12.2. The van der Waals surface area contributed by atoms with E-state index < -0.39 is 11.6 Å². The van der Waals surface area contributed by atoms with Crippen molar-refractivity contribution in [3.8, 4) is 0 Å². The van der Waals surface area contributed by atoms with E-state index in [9.17, 15) is 5.11 Å². The Morgan fingerprint density at radius 1 is 1.37 bits per heavy atom. The van der Waals surface area contributed by atoms with E-state index in [4.69, 9.17) is 0 Å². The summed E-state index contributed by atoms with van der Waals surface area (Å²) in [5.74, 6) is 3.04. The van der Waals surface area contributed by atoms with Gasteiger partial charge in [-0.3, -0.25) is 0 Å². The fourth-order valence-electron chi connectivity index (χ4n) is 1.76. The summed E-state index contributed by atoms with van der Waals surface area (Å²) in [6.45, 7) is 8.58. The van der Waals surface area contributed by atoms with Gasteiger partial charge in [-0.15, -0.1) is 0 Å². The third-order valence-electron chi connectivity index (χ3n) is 3.54. The summed E-state index contributed by atoms with van der Waals surface area (Å²) in [7, 11) is 0. The zero-order valence-corrected chi connectivity index (χ0v) is 12.2. The van der Waals surface area contributed by atoms with Gasteiger partial charge in [0, 0.05) is 18.5 Å². The van der Waals surface area contributed by atoms with E-state index >= 15 is 0 Å². The van der Waals surface area contributed by atoms with Crippen LogP contribution < -0.4 is 10.6 Å². The zero-order chi connectivity index (χ0) is 14.0. The normalized spacial score (nSPS) is 17.1. The summed E-state index contributed by atoms with van der Waals surface area (Å²) in [6, 6.07) is 1.90. The molecular formula is C14H24N4O. The quantitative estimate of drug-likeness (QED) is 0.736. The van der Waals surface area contributed by atoms with Crippen LogP contribution in [-0.2, 0) is 0 Å². The van der Waals surface area contributed by atoms with Crippen LogP contribution in [0.5, 0.6) is 0 Å². The highest BCUT2D eigenvalue weighted by molar-refractivity contribution is 5.49. The largest absolute Gasteiger partial charge is 0.391 e. The van der Waals surface area contributed by atoms with Gasteiger partial charge in [0.05, 0.1) is 11.6 Å². The van der Waals surface area contributed by atoms with Crippen molar-refractivity contribution in [2.45, 2.75) is 58.1 Å². The topological polar surface area (TPSA) is 70.1 Å². The molecule has 0 aliphatic heterocycles. The fourth-order valence-corrected chi connectivity index (χ4v) is 1.76. The van der Waals surface area contributed by atoms with E-state index in [-0.39, 0.29) is 0 Å². The van der Waals surface area contributed by atoms with E-state index in [0.717, 1.165) is 24.0 Å². The van der Waals surface area contributed by atoms with Crippen molar-refractivity contribution in [2.24, 2.45) is 0 Å². The van der Waals surface area contributed by atoms with Gasteiger partial charge in [0.2, 0.25) is 0 Å². The molecule has 106 valence electrons. The van der Waals surface area contributed by atoms with Crippen LogP contribution in [0.25, 0.3) is 0 Å². The van der Waals surface area contributed by atoms with E-state index in [1.807, 2.05) is 26.8 Å². The first-order chi connectivity index (χ1) is 8.92. The van der Waals surface area contributed by atoms with Crippen molar-refractivity contribution in [3.05, 3.63) is 11.9 Å². The van der Waals surface area contributed by atoms with Crippen molar-refractivity contribution in [3.63, 3.8) is 0 Å². The molecule has 0 saturated heterocycles. The molecule has 5 heteroatoms. The van der Waals surface area contributed by atoms with Crippen LogP contribution >= 0.6 is 0 Å². The molecule has 0 aromatic carbocycles. The highest BCUT2D eigenvalue weighted by atomic mass is 16.3.